The zero-order valence-electron chi connectivity index (χ0n) is 17.5. The maximum atomic E-state index is 13.0. The Kier molecular flexibility index (Phi) is 4.31. The van der Waals surface area contributed by atoms with E-state index in [4.69, 9.17) is 9.47 Å². The lowest BCUT2D eigenvalue weighted by molar-refractivity contribution is -0.252. The van der Waals surface area contributed by atoms with E-state index < -0.39 is 0 Å². The quantitative estimate of drug-likeness (QED) is 0.620. The molecule has 1 heterocycles. The van der Waals surface area contributed by atoms with Gasteiger partial charge in [-0.05, 0) is 88.4 Å². The second-order valence-corrected chi connectivity index (χ2v) is 10.9. The van der Waals surface area contributed by atoms with Crippen molar-refractivity contribution in [2.24, 2.45) is 33.5 Å². The van der Waals surface area contributed by atoms with Gasteiger partial charge >= 0.3 is 5.97 Å². The van der Waals surface area contributed by atoms with Crippen LogP contribution in [0.1, 0.15) is 86.0 Å². The van der Waals surface area contributed by atoms with Gasteiger partial charge in [-0.1, -0.05) is 20.3 Å². The van der Waals surface area contributed by atoms with Crippen LogP contribution >= 0.6 is 0 Å². The van der Waals surface area contributed by atoms with Crippen molar-refractivity contribution in [2.45, 2.75) is 92.1 Å². The lowest BCUT2D eigenvalue weighted by Crippen LogP contribution is -2.65. The molecule has 1 saturated heterocycles. The summed E-state index contributed by atoms with van der Waals surface area (Å²) in [6, 6.07) is 0. The normalized spacial score (nSPS) is 53.3. The standard InChI is InChI=1S/C23H38O3/c1-6-25-19(24)22(5)11-7-10-21(4)17(22)9-13-23-14-20(3,12-8-18(21)23)15-26-16(23)2/h16-18H,6-15H2,1-5H3/t16-,17-,18-,20-,21+,22+,23+/m0/s1. The molecule has 0 radical (unpaired) electrons. The second-order valence-electron chi connectivity index (χ2n) is 10.9. The highest BCUT2D eigenvalue weighted by Gasteiger charge is 2.67. The van der Waals surface area contributed by atoms with Gasteiger partial charge in [-0.2, -0.15) is 0 Å². The topological polar surface area (TPSA) is 35.5 Å². The number of esters is 1. The minimum Gasteiger partial charge on any atom is -0.466 e. The van der Waals surface area contributed by atoms with Crippen LogP contribution in [-0.2, 0) is 14.3 Å². The first-order valence-corrected chi connectivity index (χ1v) is 11.0. The zero-order chi connectivity index (χ0) is 18.8. The molecule has 7 atom stereocenters. The van der Waals surface area contributed by atoms with Crippen LogP contribution in [0.15, 0.2) is 0 Å². The summed E-state index contributed by atoms with van der Waals surface area (Å²) in [7, 11) is 0. The molecule has 0 amide bonds. The molecule has 0 aromatic heterocycles. The third kappa shape index (κ3) is 2.38. The van der Waals surface area contributed by atoms with Gasteiger partial charge in [0.1, 0.15) is 0 Å². The molecule has 3 nitrogen and oxygen atoms in total. The molecule has 3 aliphatic carbocycles. The Balaban J connectivity index is 1.71. The fraction of sp³-hybridized carbons (Fsp3) is 0.957. The molecular weight excluding hydrogens is 324 g/mol. The maximum Gasteiger partial charge on any atom is 0.312 e. The van der Waals surface area contributed by atoms with Crippen LogP contribution in [0.4, 0.5) is 0 Å². The van der Waals surface area contributed by atoms with Gasteiger partial charge in [0.15, 0.2) is 0 Å². The summed E-state index contributed by atoms with van der Waals surface area (Å²) < 4.78 is 11.9. The molecule has 26 heavy (non-hydrogen) atoms. The molecule has 0 N–H and O–H groups in total. The molecule has 4 fully saturated rings. The van der Waals surface area contributed by atoms with E-state index in [9.17, 15) is 4.79 Å². The summed E-state index contributed by atoms with van der Waals surface area (Å²) in [5.74, 6) is 1.20. The molecule has 1 spiro atoms. The predicted molar refractivity (Wildman–Crippen MR) is 103 cm³/mol. The van der Waals surface area contributed by atoms with Gasteiger partial charge in [-0.25, -0.2) is 0 Å². The highest BCUT2D eigenvalue weighted by Crippen LogP contribution is 2.71. The van der Waals surface area contributed by atoms with Crippen LogP contribution < -0.4 is 0 Å². The summed E-state index contributed by atoms with van der Waals surface area (Å²) >= 11 is 0. The highest BCUT2D eigenvalue weighted by molar-refractivity contribution is 5.77. The fourth-order valence-electron chi connectivity index (χ4n) is 8.21. The largest absolute Gasteiger partial charge is 0.466 e. The van der Waals surface area contributed by atoms with E-state index in [-0.39, 0.29) is 16.8 Å². The zero-order valence-corrected chi connectivity index (χ0v) is 17.5. The number of fused-ring (bicyclic) bond motifs is 3. The molecule has 148 valence electrons. The van der Waals surface area contributed by atoms with E-state index in [0.29, 0.717) is 35.4 Å². The number of carbonyl (C=O) groups excluding carboxylic acids is 1. The lowest BCUT2D eigenvalue weighted by Gasteiger charge is -2.69. The van der Waals surface area contributed by atoms with Crippen molar-refractivity contribution < 1.29 is 14.3 Å². The Morgan fingerprint density at radius 1 is 1.08 bits per heavy atom. The van der Waals surface area contributed by atoms with Gasteiger partial charge in [0.25, 0.3) is 0 Å². The first-order chi connectivity index (χ1) is 12.2. The van der Waals surface area contributed by atoms with Crippen molar-refractivity contribution in [3.8, 4) is 0 Å². The van der Waals surface area contributed by atoms with Gasteiger partial charge in [0.05, 0.1) is 24.7 Å². The first kappa shape index (κ1) is 18.8. The van der Waals surface area contributed by atoms with Crippen molar-refractivity contribution in [3.63, 3.8) is 0 Å². The second kappa shape index (κ2) is 5.96. The smallest absolute Gasteiger partial charge is 0.312 e. The molecule has 2 bridgehead atoms. The van der Waals surface area contributed by atoms with Gasteiger partial charge in [-0.3, -0.25) is 4.79 Å². The molecule has 3 saturated carbocycles. The minimum absolute atomic E-state index is 0.0560. The molecular formula is C23H38O3. The predicted octanol–water partition coefficient (Wildman–Crippen LogP) is 5.37. The van der Waals surface area contributed by atoms with Crippen molar-refractivity contribution in [2.75, 3.05) is 13.2 Å². The van der Waals surface area contributed by atoms with E-state index >= 15 is 0 Å². The third-order valence-corrected chi connectivity index (χ3v) is 9.39. The summed E-state index contributed by atoms with van der Waals surface area (Å²) in [4.78, 5) is 13.0. The van der Waals surface area contributed by atoms with Crippen LogP contribution in [0.2, 0.25) is 0 Å². The summed E-state index contributed by atoms with van der Waals surface area (Å²) in [5, 5.41) is 0. The van der Waals surface area contributed by atoms with Crippen molar-refractivity contribution in [1.29, 1.82) is 0 Å². The lowest BCUT2D eigenvalue weighted by atomic mass is 9.37. The SMILES string of the molecule is CCOC(=O)[C@]1(C)CCC[C@@]2(C)[C@@H]3CC[C@]4(C)CO[C@@H](C)[C@@]3(CC[C@@H]21)C4. The summed E-state index contributed by atoms with van der Waals surface area (Å²) in [6.07, 6.45) is 10.1. The molecule has 0 aromatic rings. The van der Waals surface area contributed by atoms with Crippen molar-refractivity contribution >= 4 is 5.97 Å². The Labute approximate surface area is 159 Å². The fourth-order valence-corrected chi connectivity index (χ4v) is 8.21. The molecule has 0 unspecified atom stereocenters. The van der Waals surface area contributed by atoms with E-state index in [1.165, 1.54) is 32.1 Å². The molecule has 0 aromatic carbocycles. The van der Waals surface area contributed by atoms with Crippen molar-refractivity contribution in [3.05, 3.63) is 0 Å². The number of rotatable bonds is 2. The number of carbonyl (C=O) groups is 1. The number of hydrogen-bond acceptors (Lipinski definition) is 3. The Morgan fingerprint density at radius 3 is 2.54 bits per heavy atom. The van der Waals surface area contributed by atoms with Crippen LogP contribution in [0.5, 0.6) is 0 Å². The number of ether oxygens (including phenoxy) is 2. The van der Waals surface area contributed by atoms with Gasteiger partial charge in [0, 0.05) is 5.41 Å². The van der Waals surface area contributed by atoms with Crippen molar-refractivity contribution in [1.82, 2.24) is 0 Å². The Morgan fingerprint density at radius 2 is 1.81 bits per heavy atom. The Bertz CT molecular complexity index is 588. The summed E-state index contributed by atoms with van der Waals surface area (Å²) in [6.45, 7) is 12.9. The Hall–Kier alpha value is -0.570. The molecule has 1 aliphatic heterocycles. The van der Waals surface area contributed by atoms with E-state index in [0.717, 1.165) is 25.9 Å². The average Bonchev–Trinajstić information content (AvgIpc) is 2.58. The summed E-state index contributed by atoms with van der Waals surface area (Å²) in [5.41, 5.74) is 0.632. The molecule has 4 rings (SSSR count). The van der Waals surface area contributed by atoms with Crippen LogP contribution in [0.3, 0.4) is 0 Å². The van der Waals surface area contributed by atoms with E-state index in [1.54, 1.807) is 0 Å². The highest BCUT2D eigenvalue weighted by atomic mass is 16.5. The molecule has 4 aliphatic rings. The number of hydrogen-bond donors (Lipinski definition) is 0. The first-order valence-electron chi connectivity index (χ1n) is 11.0. The van der Waals surface area contributed by atoms with E-state index in [2.05, 4.69) is 27.7 Å². The van der Waals surface area contributed by atoms with Crippen LogP contribution in [0.25, 0.3) is 0 Å². The van der Waals surface area contributed by atoms with Gasteiger partial charge in [0.2, 0.25) is 0 Å². The van der Waals surface area contributed by atoms with Gasteiger partial charge in [-0.15, -0.1) is 0 Å². The van der Waals surface area contributed by atoms with Crippen LogP contribution in [0, 0.1) is 33.5 Å². The third-order valence-electron chi connectivity index (χ3n) is 9.39. The molecule has 3 heteroatoms. The maximum absolute atomic E-state index is 13.0. The van der Waals surface area contributed by atoms with E-state index in [1.807, 2.05) is 6.92 Å². The average molecular weight is 363 g/mol. The van der Waals surface area contributed by atoms with Crippen LogP contribution in [-0.4, -0.2) is 25.3 Å². The van der Waals surface area contributed by atoms with Gasteiger partial charge < -0.3 is 9.47 Å². The monoisotopic (exact) mass is 362 g/mol. The minimum atomic E-state index is -0.301.